The van der Waals surface area contributed by atoms with E-state index in [2.05, 4.69) is 9.88 Å². The van der Waals surface area contributed by atoms with Crippen molar-refractivity contribution in [1.29, 1.82) is 0 Å². The van der Waals surface area contributed by atoms with Crippen LogP contribution in [0.5, 0.6) is 0 Å². The molecule has 2 N–H and O–H groups in total. The van der Waals surface area contributed by atoms with E-state index in [9.17, 15) is 18.3 Å². The topological polar surface area (TPSA) is 110 Å². The lowest BCUT2D eigenvalue weighted by molar-refractivity contribution is -0.140. The fourth-order valence-corrected chi connectivity index (χ4v) is 4.76. The third-order valence-electron chi connectivity index (χ3n) is 4.17. The molecule has 3 rings (SSSR count). The van der Waals surface area contributed by atoms with Crippen molar-refractivity contribution in [3.05, 3.63) is 47.3 Å². The van der Waals surface area contributed by atoms with Gasteiger partial charge in [0.25, 0.3) is 0 Å². The van der Waals surface area contributed by atoms with E-state index in [0.717, 1.165) is 9.75 Å². The van der Waals surface area contributed by atoms with Crippen LogP contribution in [0.15, 0.2) is 51.9 Å². The maximum Gasteiger partial charge on any atom is 0.322 e. The molecule has 148 valence electrons. The Kier molecular flexibility index (Phi) is 5.69. The minimum atomic E-state index is -3.96. The Balaban J connectivity index is 1.81. The number of nitrogens with zero attached hydrogens (tertiary/aromatic N) is 1. The first-order chi connectivity index (χ1) is 13.2. The second-order valence-corrected chi connectivity index (χ2v) is 9.69. The van der Waals surface area contributed by atoms with Crippen LogP contribution < -0.4 is 4.72 Å². The minimum absolute atomic E-state index is 0.0132. The number of rotatable bonds is 7. The lowest BCUT2D eigenvalue weighted by Crippen LogP contribution is -2.44. The first-order valence-electron chi connectivity index (χ1n) is 8.56. The molecule has 2 aromatic heterocycles. The summed E-state index contributed by atoms with van der Waals surface area (Å²) >= 11 is 1.60. The van der Waals surface area contributed by atoms with Gasteiger partial charge >= 0.3 is 5.97 Å². The molecular weight excluding hydrogens is 400 g/mol. The fraction of sp³-hybridized carbons (Fsp3) is 0.263. The normalized spacial score (nSPS) is 13.0. The molecule has 9 heteroatoms. The molecule has 7 nitrogen and oxygen atoms in total. The van der Waals surface area contributed by atoms with Crippen LogP contribution in [-0.2, 0) is 14.8 Å². The average molecular weight is 421 g/mol. The Morgan fingerprint density at radius 3 is 2.39 bits per heavy atom. The molecule has 0 aliphatic carbocycles. The monoisotopic (exact) mass is 420 g/mol. The number of sulfonamides is 1. The van der Waals surface area contributed by atoms with Gasteiger partial charge in [-0.25, -0.2) is 8.42 Å². The molecule has 0 saturated heterocycles. The van der Waals surface area contributed by atoms with Crippen molar-refractivity contribution >= 4 is 27.3 Å². The van der Waals surface area contributed by atoms with E-state index in [-0.39, 0.29) is 10.8 Å². The largest absolute Gasteiger partial charge is 0.480 e. The molecule has 0 saturated carbocycles. The number of benzene rings is 1. The molecule has 0 amide bonds. The molecule has 0 aliphatic rings. The summed E-state index contributed by atoms with van der Waals surface area (Å²) in [4.78, 5) is 13.4. The first-order valence-corrected chi connectivity index (χ1v) is 10.9. The average Bonchev–Trinajstić information content (AvgIpc) is 3.28. The summed E-state index contributed by atoms with van der Waals surface area (Å²) in [5.41, 5.74) is 1.28. The van der Waals surface area contributed by atoms with Crippen molar-refractivity contribution in [1.82, 2.24) is 9.88 Å². The fourth-order valence-electron chi connectivity index (χ4n) is 2.61. The SMILES string of the molecule is Cc1ccc(-c2cc(-c3ccc(S(=O)(=O)NC(C(=O)O)C(C)C)cc3)no2)s1. The number of carboxylic acids is 1. The molecule has 2 heterocycles. The van der Waals surface area contributed by atoms with Crippen molar-refractivity contribution in [3.63, 3.8) is 0 Å². The van der Waals surface area contributed by atoms with Gasteiger partial charge in [0.2, 0.25) is 10.0 Å². The van der Waals surface area contributed by atoms with Crippen molar-refractivity contribution in [2.75, 3.05) is 0 Å². The number of aliphatic carboxylic acids is 1. The van der Waals surface area contributed by atoms with Gasteiger partial charge in [0.05, 0.1) is 9.77 Å². The second-order valence-electron chi connectivity index (χ2n) is 6.69. The van der Waals surface area contributed by atoms with Gasteiger partial charge in [0, 0.05) is 16.5 Å². The maximum absolute atomic E-state index is 12.5. The number of carbonyl (C=O) groups is 1. The molecule has 0 spiro atoms. The van der Waals surface area contributed by atoms with Crippen LogP contribution in [0, 0.1) is 12.8 Å². The summed E-state index contributed by atoms with van der Waals surface area (Å²) in [5.74, 6) is -0.956. The highest BCUT2D eigenvalue weighted by Crippen LogP contribution is 2.31. The summed E-state index contributed by atoms with van der Waals surface area (Å²) in [6, 6.07) is 10.6. The van der Waals surface area contributed by atoms with E-state index in [1.807, 2.05) is 19.1 Å². The van der Waals surface area contributed by atoms with Crippen LogP contribution in [0.3, 0.4) is 0 Å². The first kappa shape index (κ1) is 20.2. The van der Waals surface area contributed by atoms with E-state index in [1.165, 1.54) is 12.1 Å². The lowest BCUT2D eigenvalue weighted by Gasteiger charge is -2.18. The van der Waals surface area contributed by atoms with Crippen molar-refractivity contribution in [3.8, 4) is 21.9 Å². The Hall–Kier alpha value is -2.49. The molecule has 1 aromatic carbocycles. The lowest BCUT2D eigenvalue weighted by atomic mass is 10.1. The molecule has 0 aliphatic heterocycles. The van der Waals surface area contributed by atoms with Crippen LogP contribution in [0.25, 0.3) is 21.9 Å². The van der Waals surface area contributed by atoms with Gasteiger partial charge in [0.1, 0.15) is 11.7 Å². The third kappa shape index (κ3) is 4.32. The van der Waals surface area contributed by atoms with Gasteiger partial charge < -0.3 is 9.63 Å². The van der Waals surface area contributed by atoms with Crippen molar-refractivity contribution in [2.24, 2.45) is 5.92 Å². The molecule has 1 atom stereocenters. The zero-order valence-electron chi connectivity index (χ0n) is 15.5. The predicted octanol–water partition coefficient (Wildman–Crippen LogP) is 3.77. The molecule has 0 fully saturated rings. The van der Waals surface area contributed by atoms with Gasteiger partial charge in [-0.05, 0) is 37.1 Å². The van der Waals surface area contributed by atoms with Gasteiger partial charge in [-0.15, -0.1) is 11.3 Å². The molecule has 28 heavy (non-hydrogen) atoms. The third-order valence-corrected chi connectivity index (χ3v) is 6.64. The predicted molar refractivity (Wildman–Crippen MR) is 107 cm³/mol. The Bertz CT molecular complexity index is 1080. The molecule has 0 bridgehead atoms. The van der Waals surface area contributed by atoms with Gasteiger partial charge in [0.15, 0.2) is 5.76 Å². The van der Waals surface area contributed by atoms with Gasteiger partial charge in [-0.1, -0.05) is 31.1 Å². The standard InChI is InChI=1S/C19H20N2O5S2/c1-11(2)18(19(22)23)21-28(24,25)14-7-5-13(6-8-14)15-10-16(26-20-15)17-9-4-12(3)27-17/h4-11,18,21H,1-3H3,(H,22,23). The number of hydrogen-bond acceptors (Lipinski definition) is 6. The zero-order valence-corrected chi connectivity index (χ0v) is 17.2. The highest BCUT2D eigenvalue weighted by atomic mass is 32.2. The Labute approximate surface area is 167 Å². The Morgan fingerprint density at radius 2 is 1.86 bits per heavy atom. The quantitative estimate of drug-likeness (QED) is 0.602. The molecular formula is C19H20N2O5S2. The number of carboxylic acid groups (broad SMARTS) is 1. The van der Waals surface area contributed by atoms with Crippen LogP contribution in [0.2, 0.25) is 0 Å². The van der Waals surface area contributed by atoms with E-state index in [1.54, 1.807) is 43.4 Å². The van der Waals surface area contributed by atoms with E-state index in [0.29, 0.717) is 17.0 Å². The smallest absolute Gasteiger partial charge is 0.322 e. The maximum atomic E-state index is 12.5. The molecule has 0 radical (unpaired) electrons. The summed E-state index contributed by atoms with van der Waals surface area (Å²) in [5, 5.41) is 13.2. The Morgan fingerprint density at radius 1 is 1.18 bits per heavy atom. The second kappa shape index (κ2) is 7.86. The number of aryl methyl sites for hydroxylation is 1. The van der Waals surface area contributed by atoms with Crippen molar-refractivity contribution in [2.45, 2.75) is 31.7 Å². The van der Waals surface area contributed by atoms with Crippen LogP contribution in [-0.4, -0.2) is 30.7 Å². The van der Waals surface area contributed by atoms with E-state index >= 15 is 0 Å². The van der Waals surface area contributed by atoms with Crippen molar-refractivity contribution < 1.29 is 22.8 Å². The number of hydrogen-bond donors (Lipinski definition) is 2. The highest BCUT2D eigenvalue weighted by Gasteiger charge is 2.28. The summed E-state index contributed by atoms with van der Waals surface area (Å²) in [7, 11) is -3.96. The number of thiophene rings is 1. The number of aromatic nitrogens is 1. The zero-order chi connectivity index (χ0) is 20.5. The van der Waals surface area contributed by atoms with E-state index < -0.39 is 22.0 Å². The summed E-state index contributed by atoms with van der Waals surface area (Å²) < 4.78 is 32.6. The van der Waals surface area contributed by atoms with Gasteiger partial charge in [-0.2, -0.15) is 4.72 Å². The molecule has 3 aromatic rings. The van der Waals surface area contributed by atoms with Crippen LogP contribution in [0.1, 0.15) is 18.7 Å². The highest BCUT2D eigenvalue weighted by molar-refractivity contribution is 7.89. The van der Waals surface area contributed by atoms with E-state index in [4.69, 9.17) is 4.52 Å². The van der Waals surface area contributed by atoms with Crippen LogP contribution >= 0.6 is 11.3 Å². The minimum Gasteiger partial charge on any atom is -0.480 e. The summed E-state index contributed by atoms with van der Waals surface area (Å²) in [6.07, 6.45) is 0. The number of nitrogens with one attached hydrogen (secondary N) is 1. The summed E-state index contributed by atoms with van der Waals surface area (Å²) in [6.45, 7) is 5.29. The molecule has 1 unspecified atom stereocenters. The van der Waals surface area contributed by atoms with Gasteiger partial charge in [-0.3, -0.25) is 4.79 Å². The van der Waals surface area contributed by atoms with Crippen LogP contribution in [0.4, 0.5) is 0 Å².